The van der Waals surface area contributed by atoms with Gasteiger partial charge in [-0.2, -0.15) is 0 Å². The first kappa shape index (κ1) is 12.7. The average molecular weight is 243 g/mol. The van der Waals surface area contributed by atoms with E-state index in [1.807, 2.05) is 0 Å². The molecule has 18 heavy (non-hydrogen) atoms. The molecule has 0 radical (unpaired) electrons. The van der Waals surface area contributed by atoms with Gasteiger partial charge in [-0.15, -0.1) is 0 Å². The van der Waals surface area contributed by atoms with E-state index in [4.69, 9.17) is 0 Å². The Labute approximate surface area is 108 Å². The summed E-state index contributed by atoms with van der Waals surface area (Å²) >= 11 is 0. The molecule has 1 nitrogen and oxygen atoms in total. The summed E-state index contributed by atoms with van der Waals surface area (Å²) in [5, 5.41) is 0. The molecule has 1 aromatic carbocycles. The zero-order chi connectivity index (χ0) is 13.2. The van der Waals surface area contributed by atoms with Crippen LogP contribution in [-0.2, 0) is 11.8 Å². The fraction of sp³-hybridized carbons (Fsp3) is 0.312. The number of nitrogens with zero attached hydrogens (tertiary/aromatic N) is 1. The van der Waals surface area contributed by atoms with Crippen LogP contribution in [0.5, 0.6) is 0 Å². The van der Waals surface area contributed by atoms with E-state index in [9.17, 15) is 4.39 Å². The van der Waals surface area contributed by atoms with Gasteiger partial charge in [0.2, 0.25) is 0 Å². The van der Waals surface area contributed by atoms with E-state index in [0.29, 0.717) is 12.0 Å². The van der Waals surface area contributed by atoms with Gasteiger partial charge >= 0.3 is 0 Å². The second kappa shape index (κ2) is 4.89. The van der Waals surface area contributed by atoms with Crippen LogP contribution >= 0.6 is 0 Å². The van der Waals surface area contributed by atoms with E-state index >= 15 is 0 Å². The minimum Gasteiger partial charge on any atom is -0.262 e. The van der Waals surface area contributed by atoms with Crippen LogP contribution in [0.3, 0.4) is 0 Å². The minimum absolute atomic E-state index is 0.153. The smallest absolute Gasteiger partial charge is 0.145 e. The summed E-state index contributed by atoms with van der Waals surface area (Å²) in [6.45, 7) is 6.56. The molecule has 0 fully saturated rings. The van der Waals surface area contributed by atoms with E-state index in [1.54, 1.807) is 12.3 Å². The zero-order valence-electron chi connectivity index (χ0n) is 11.1. The SMILES string of the molecule is CC(C)(C)c1ccc(Cc2ccncc2F)cc1. The minimum atomic E-state index is -0.239. The molecule has 2 heteroatoms. The monoisotopic (exact) mass is 243 g/mol. The predicted octanol–water partition coefficient (Wildman–Crippen LogP) is 4.11. The maximum atomic E-state index is 13.5. The van der Waals surface area contributed by atoms with Gasteiger partial charge in [0, 0.05) is 12.6 Å². The fourth-order valence-electron chi connectivity index (χ4n) is 1.89. The molecule has 0 bridgehead atoms. The van der Waals surface area contributed by atoms with Gasteiger partial charge < -0.3 is 0 Å². The number of aromatic nitrogens is 1. The van der Waals surface area contributed by atoms with Gasteiger partial charge in [-0.25, -0.2) is 4.39 Å². The summed E-state index contributed by atoms with van der Waals surface area (Å²) in [5.41, 5.74) is 3.25. The molecule has 0 aliphatic rings. The Kier molecular flexibility index (Phi) is 3.46. The highest BCUT2D eigenvalue weighted by atomic mass is 19.1. The van der Waals surface area contributed by atoms with Gasteiger partial charge in [-0.3, -0.25) is 4.98 Å². The molecule has 2 rings (SSSR count). The molecular weight excluding hydrogens is 225 g/mol. The first-order valence-electron chi connectivity index (χ1n) is 6.14. The molecular formula is C16H18FN. The van der Waals surface area contributed by atoms with E-state index < -0.39 is 0 Å². The summed E-state index contributed by atoms with van der Waals surface area (Å²) in [6.07, 6.45) is 3.50. The zero-order valence-corrected chi connectivity index (χ0v) is 11.1. The molecule has 0 spiro atoms. The maximum Gasteiger partial charge on any atom is 0.145 e. The van der Waals surface area contributed by atoms with Gasteiger partial charge in [0.15, 0.2) is 0 Å². The van der Waals surface area contributed by atoms with Crippen molar-refractivity contribution < 1.29 is 4.39 Å². The first-order chi connectivity index (χ1) is 8.47. The lowest BCUT2D eigenvalue weighted by Gasteiger charge is -2.19. The van der Waals surface area contributed by atoms with Crippen molar-refractivity contribution in [1.82, 2.24) is 4.98 Å². The Hall–Kier alpha value is -1.70. The quantitative estimate of drug-likeness (QED) is 0.773. The number of hydrogen-bond acceptors (Lipinski definition) is 1. The second-order valence-electron chi connectivity index (χ2n) is 5.59. The number of halogens is 1. The van der Waals surface area contributed by atoms with Crippen LogP contribution in [0, 0.1) is 5.82 Å². The first-order valence-corrected chi connectivity index (χ1v) is 6.14. The van der Waals surface area contributed by atoms with Gasteiger partial charge in [-0.1, -0.05) is 45.0 Å². The van der Waals surface area contributed by atoms with Crippen molar-refractivity contribution in [2.45, 2.75) is 32.6 Å². The normalized spacial score (nSPS) is 11.6. The van der Waals surface area contributed by atoms with Crippen molar-refractivity contribution in [3.63, 3.8) is 0 Å². The Morgan fingerprint density at radius 2 is 1.72 bits per heavy atom. The van der Waals surface area contributed by atoms with Crippen LogP contribution in [0.2, 0.25) is 0 Å². The number of hydrogen-bond donors (Lipinski definition) is 0. The Morgan fingerprint density at radius 3 is 2.28 bits per heavy atom. The largest absolute Gasteiger partial charge is 0.262 e. The molecule has 0 aliphatic carbocycles. The van der Waals surface area contributed by atoms with Crippen LogP contribution in [0.25, 0.3) is 0 Å². The summed E-state index contributed by atoms with van der Waals surface area (Å²) in [7, 11) is 0. The van der Waals surface area contributed by atoms with Crippen LogP contribution in [0.1, 0.15) is 37.5 Å². The maximum absolute atomic E-state index is 13.5. The molecule has 0 saturated heterocycles. The number of pyridine rings is 1. The molecule has 1 heterocycles. The van der Waals surface area contributed by atoms with Gasteiger partial charge in [0.1, 0.15) is 5.82 Å². The average Bonchev–Trinajstić information content (AvgIpc) is 2.32. The molecule has 0 aliphatic heterocycles. The lowest BCUT2D eigenvalue weighted by atomic mass is 9.86. The van der Waals surface area contributed by atoms with E-state index in [1.165, 1.54) is 11.8 Å². The highest BCUT2D eigenvalue weighted by molar-refractivity contribution is 5.31. The van der Waals surface area contributed by atoms with Gasteiger partial charge in [-0.05, 0) is 28.2 Å². The van der Waals surface area contributed by atoms with Crippen LogP contribution in [0.4, 0.5) is 4.39 Å². The van der Waals surface area contributed by atoms with Crippen LogP contribution < -0.4 is 0 Å². The molecule has 0 amide bonds. The number of rotatable bonds is 2. The molecule has 94 valence electrons. The molecule has 0 saturated carbocycles. The third-order valence-corrected chi connectivity index (χ3v) is 3.07. The van der Waals surface area contributed by atoms with Crippen molar-refractivity contribution in [2.75, 3.05) is 0 Å². The summed E-state index contributed by atoms with van der Waals surface area (Å²) in [4.78, 5) is 3.76. The Balaban J connectivity index is 2.19. The molecule has 1 aromatic heterocycles. The van der Waals surface area contributed by atoms with E-state index in [-0.39, 0.29) is 11.2 Å². The van der Waals surface area contributed by atoms with Gasteiger partial charge in [0.25, 0.3) is 0 Å². The third-order valence-electron chi connectivity index (χ3n) is 3.07. The van der Waals surface area contributed by atoms with E-state index in [2.05, 4.69) is 50.0 Å². The van der Waals surface area contributed by atoms with Crippen molar-refractivity contribution in [3.8, 4) is 0 Å². The highest BCUT2D eigenvalue weighted by Crippen LogP contribution is 2.23. The summed E-state index contributed by atoms with van der Waals surface area (Å²) in [6, 6.07) is 10.1. The van der Waals surface area contributed by atoms with Crippen molar-refractivity contribution in [3.05, 3.63) is 65.2 Å². The predicted molar refractivity (Wildman–Crippen MR) is 72.1 cm³/mol. The molecule has 0 unspecified atom stereocenters. The van der Waals surface area contributed by atoms with Crippen molar-refractivity contribution in [1.29, 1.82) is 0 Å². The molecule has 0 atom stereocenters. The summed E-state index contributed by atoms with van der Waals surface area (Å²) in [5.74, 6) is -0.239. The standard InChI is InChI=1S/C16H18FN/c1-16(2,3)14-6-4-12(5-7-14)10-13-8-9-18-11-15(13)17/h4-9,11H,10H2,1-3H3. The lowest BCUT2D eigenvalue weighted by Crippen LogP contribution is -2.10. The van der Waals surface area contributed by atoms with Crippen molar-refractivity contribution in [2.24, 2.45) is 0 Å². The second-order valence-corrected chi connectivity index (χ2v) is 5.59. The third kappa shape index (κ3) is 2.95. The summed E-state index contributed by atoms with van der Waals surface area (Å²) < 4.78 is 13.5. The van der Waals surface area contributed by atoms with Crippen LogP contribution in [-0.4, -0.2) is 4.98 Å². The highest BCUT2D eigenvalue weighted by Gasteiger charge is 2.13. The topological polar surface area (TPSA) is 12.9 Å². The van der Waals surface area contributed by atoms with Gasteiger partial charge in [0.05, 0.1) is 6.20 Å². The lowest BCUT2D eigenvalue weighted by molar-refractivity contribution is 0.589. The fourth-order valence-corrected chi connectivity index (χ4v) is 1.89. The van der Waals surface area contributed by atoms with E-state index in [0.717, 1.165) is 5.56 Å². The number of benzene rings is 1. The van der Waals surface area contributed by atoms with Crippen LogP contribution in [0.15, 0.2) is 42.7 Å². The molecule has 0 N–H and O–H groups in total. The molecule has 2 aromatic rings. The Morgan fingerprint density at radius 1 is 1.06 bits per heavy atom. The van der Waals surface area contributed by atoms with Crippen molar-refractivity contribution >= 4 is 0 Å². The Bertz CT molecular complexity index is 524.